The third-order valence-corrected chi connectivity index (χ3v) is 2.36. The van der Waals surface area contributed by atoms with Gasteiger partial charge in [-0.1, -0.05) is 12.1 Å². The van der Waals surface area contributed by atoms with Crippen LogP contribution in [-0.4, -0.2) is 15.8 Å². The van der Waals surface area contributed by atoms with E-state index in [1.807, 2.05) is 42.4 Å². The standard InChI is InChI=1S/C11H9N3/c1-8-6-14-7-13-10-4-2-3-9(5-12-8)11(10)14/h2-7H,1H3. The lowest BCUT2D eigenvalue weighted by Gasteiger charge is -1.97. The molecular weight excluding hydrogens is 174 g/mol. The molecule has 3 rings (SSSR count). The van der Waals surface area contributed by atoms with Gasteiger partial charge in [-0.05, 0) is 13.0 Å². The van der Waals surface area contributed by atoms with E-state index < -0.39 is 0 Å². The van der Waals surface area contributed by atoms with Crippen molar-refractivity contribution in [1.82, 2.24) is 9.55 Å². The molecule has 2 heterocycles. The number of para-hydroxylation sites is 1. The molecule has 1 aliphatic rings. The molecule has 0 saturated heterocycles. The summed E-state index contributed by atoms with van der Waals surface area (Å²) < 4.78 is 2.02. The molecule has 2 aromatic rings. The maximum absolute atomic E-state index is 4.32. The first-order chi connectivity index (χ1) is 6.84. The molecule has 0 aliphatic carbocycles. The fraction of sp³-hybridized carbons (Fsp3) is 0.0909. The van der Waals surface area contributed by atoms with E-state index in [-0.39, 0.29) is 0 Å². The molecule has 14 heavy (non-hydrogen) atoms. The Morgan fingerprint density at radius 1 is 1.29 bits per heavy atom. The highest BCUT2D eigenvalue weighted by Crippen LogP contribution is 2.20. The van der Waals surface area contributed by atoms with Crippen molar-refractivity contribution < 1.29 is 0 Å². The van der Waals surface area contributed by atoms with Crippen LogP contribution in [0.4, 0.5) is 0 Å². The first kappa shape index (κ1) is 7.50. The highest BCUT2D eigenvalue weighted by molar-refractivity contribution is 5.98. The molecule has 68 valence electrons. The predicted molar refractivity (Wildman–Crippen MR) is 57.3 cm³/mol. The van der Waals surface area contributed by atoms with Gasteiger partial charge in [-0.15, -0.1) is 0 Å². The summed E-state index contributed by atoms with van der Waals surface area (Å²) in [4.78, 5) is 8.65. The number of rotatable bonds is 0. The molecule has 0 spiro atoms. The van der Waals surface area contributed by atoms with Gasteiger partial charge in [-0.2, -0.15) is 0 Å². The quantitative estimate of drug-likeness (QED) is 0.616. The van der Waals surface area contributed by atoms with Crippen LogP contribution in [0.5, 0.6) is 0 Å². The number of hydrogen-bond acceptors (Lipinski definition) is 2. The molecule has 3 nitrogen and oxygen atoms in total. The van der Waals surface area contributed by atoms with Crippen molar-refractivity contribution in [3.05, 3.63) is 35.8 Å². The van der Waals surface area contributed by atoms with E-state index in [1.165, 1.54) is 0 Å². The van der Waals surface area contributed by atoms with Gasteiger partial charge < -0.3 is 4.57 Å². The van der Waals surface area contributed by atoms with E-state index in [1.54, 1.807) is 0 Å². The minimum absolute atomic E-state index is 0.987. The predicted octanol–water partition coefficient (Wildman–Crippen LogP) is 2.29. The fourth-order valence-corrected chi connectivity index (χ4v) is 1.72. The first-order valence-corrected chi connectivity index (χ1v) is 4.52. The lowest BCUT2D eigenvalue weighted by molar-refractivity contribution is 1.15. The van der Waals surface area contributed by atoms with E-state index >= 15 is 0 Å². The summed E-state index contributed by atoms with van der Waals surface area (Å²) in [5.41, 5.74) is 4.25. The summed E-state index contributed by atoms with van der Waals surface area (Å²) in [5, 5.41) is 0. The lowest BCUT2D eigenvalue weighted by Crippen LogP contribution is -1.86. The van der Waals surface area contributed by atoms with Crippen molar-refractivity contribution in [2.75, 3.05) is 0 Å². The highest BCUT2D eigenvalue weighted by Gasteiger charge is 2.07. The molecule has 0 unspecified atom stereocenters. The topological polar surface area (TPSA) is 30.2 Å². The zero-order valence-electron chi connectivity index (χ0n) is 7.81. The number of aliphatic imine (C=N–C) groups is 1. The van der Waals surface area contributed by atoms with Crippen LogP contribution in [0, 0.1) is 0 Å². The van der Waals surface area contributed by atoms with Crippen LogP contribution in [-0.2, 0) is 0 Å². The molecular formula is C11H9N3. The van der Waals surface area contributed by atoms with Gasteiger partial charge in [-0.25, -0.2) is 4.98 Å². The van der Waals surface area contributed by atoms with Crippen LogP contribution in [0.15, 0.2) is 35.2 Å². The molecule has 0 bridgehead atoms. The van der Waals surface area contributed by atoms with Crippen LogP contribution in [0.2, 0.25) is 0 Å². The van der Waals surface area contributed by atoms with Crippen LogP contribution in [0.3, 0.4) is 0 Å². The summed E-state index contributed by atoms with van der Waals surface area (Å²) in [6, 6.07) is 6.07. The number of aromatic nitrogens is 2. The van der Waals surface area contributed by atoms with Crippen LogP contribution in [0.25, 0.3) is 17.2 Å². The Morgan fingerprint density at radius 2 is 2.21 bits per heavy atom. The van der Waals surface area contributed by atoms with Crippen molar-refractivity contribution in [2.24, 2.45) is 4.99 Å². The van der Waals surface area contributed by atoms with Gasteiger partial charge in [0.1, 0.15) is 0 Å². The third-order valence-electron chi connectivity index (χ3n) is 2.36. The average Bonchev–Trinajstić information content (AvgIpc) is 2.51. The number of hydrogen-bond donors (Lipinski definition) is 0. The van der Waals surface area contributed by atoms with Crippen LogP contribution >= 0.6 is 0 Å². The second-order valence-electron chi connectivity index (χ2n) is 3.40. The van der Waals surface area contributed by atoms with Gasteiger partial charge in [0.25, 0.3) is 0 Å². The van der Waals surface area contributed by atoms with Gasteiger partial charge >= 0.3 is 0 Å². The van der Waals surface area contributed by atoms with Crippen molar-refractivity contribution in [3.63, 3.8) is 0 Å². The number of imidazole rings is 1. The maximum atomic E-state index is 4.32. The Labute approximate surface area is 81.4 Å². The normalized spacial score (nSPS) is 14.2. The van der Waals surface area contributed by atoms with Gasteiger partial charge in [0.2, 0.25) is 0 Å². The molecule has 1 aromatic heterocycles. The Hall–Kier alpha value is -1.90. The van der Waals surface area contributed by atoms with Crippen molar-refractivity contribution >= 4 is 23.4 Å². The van der Waals surface area contributed by atoms with Gasteiger partial charge in [-0.3, -0.25) is 4.99 Å². The zero-order valence-corrected chi connectivity index (χ0v) is 7.81. The van der Waals surface area contributed by atoms with E-state index in [9.17, 15) is 0 Å². The number of allylic oxidation sites excluding steroid dienone is 1. The summed E-state index contributed by atoms with van der Waals surface area (Å²) in [7, 11) is 0. The molecule has 1 aliphatic heterocycles. The second kappa shape index (κ2) is 2.54. The zero-order chi connectivity index (χ0) is 9.54. The maximum Gasteiger partial charge on any atom is 0.1000 e. The molecule has 0 atom stereocenters. The van der Waals surface area contributed by atoms with Crippen molar-refractivity contribution in [2.45, 2.75) is 6.92 Å². The second-order valence-corrected chi connectivity index (χ2v) is 3.40. The highest BCUT2D eigenvalue weighted by atomic mass is 15.0. The summed E-state index contributed by atoms with van der Waals surface area (Å²) in [6.45, 7) is 1.98. The first-order valence-electron chi connectivity index (χ1n) is 4.52. The van der Waals surface area contributed by atoms with E-state index in [0.717, 1.165) is 22.3 Å². The molecule has 0 radical (unpaired) electrons. The summed E-state index contributed by atoms with van der Waals surface area (Å²) >= 11 is 0. The average molecular weight is 183 g/mol. The molecule has 0 fully saturated rings. The Balaban J connectivity index is 2.50. The number of nitrogens with zero attached hydrogens (tertiary/aromatic N) is 3. The molecule has 0 amide bonds. The minimum Gasteiger partial charge on any atom is -0.303 e. The molecule has 0 N–H and O–H groups in total. The minimum atomic E-state index is 0.987. The SMILES string of the molecule is CC1=Cn2cnc3cccc(c32)C=N1. The molecule has 3 heteroatoms. The molecule has 1 aromatic carbocycles. The Kier molecular flexibility index (Phi) is 1.36. The third kappa shape index (κ3) is 0.923. The van der Waals surface area contributed by atoms with Crippen molar-refractivity contribution in [1.29, 1.82) is 0 Å². The van der Waals surface area contributed by atoms with Crippen LogP contribution < -0.4 is 0 Å². The largest absolute Gasteiger partial charge is 0.303 e. The molecule has 0 saturated carbocycles. The number of benzene rings is 1. The lowest BCUT2D eigenvalue weighted by atomic mass is 10.2. The fourth-order valence-electron chi connectivity index (χ4n) is 1.72. The van der Waals surface area contributed by atoms with Gasteiger partial charge in [0, 0.05) is 18.0 Å². The van der Waals surface area contributed by atoms with Crippen molar-refractivity contribution in [3.8, 4) is 0 Å². The van der Waals surface area contributed by atoms with Gasteiger partial charge in [0.05, 0.1) is 23.1 Å². The summed E-state index contributed by atoms with van der Waals surface area (Å²) in [5.74, 6) is 0. The van der Waals surface area contributed by atoms with Gasteiger partial charge in [0.15, 0.2) is 0 Å². The monoisotopic (exact) mass is 183 g/mol. The van der Waals surface area contributed by atoms with E-state index in [2.05, 4.69) is 16.0 Å². The van der Waals surface area contributed by atoms with E-state index in [0.29, 0.717) is 0 Å². The smallest absolute Gasteiger partial charge is 0.1000 e. The Morgan fingerprint density at radius 3 is 3.14 bits per heavy atom. The Bertz CT molecular complexity index is 561. The van der Waals surface area contributed by atoms with Crippen LogP contribution in [0.1, 0.15) is 12.5 Å². The van der Waals surface area contributed by atoms with E-state index in [4.69, 9.17) is 0 Å². The summed E-state index contributed by atoms with van der Waals surface area (Å²) in [6.07, 6.45) is 5.70.